The van der Waals surface area contributed by atoms with Gasteiger partial charge in [0.05, 0.1) is 22.8 Å². The molecular weight excluding hydrogens is 526 g/mol. The molecular formula is C33H31N7S. The monoisotopic (exact) mass is 557 g/mol. The van der Waals surface area contributed by atoms with Crippen molar-refractivity contribution in [3.8, 4) is 5.69 Å². The van der Waals surface area contributed by atoms with Crippen molar-refractivity contribution in [2.24, 2.45) is 9.98 Å². The van der Waals surface area contributed by atoms with Crippen molar-refractivity contribution in [3.63, 3.8) is 0 Å². The molecule has 1 unspecified atom stereocenters. The zero-order valence-electron chi connectivity index (χ0n) is 23.3. The van der Waals surface area contributed by atoms with Crippen LogP contribution in [0.3, 0.4) is 0 Å². The van der Waals surface area contributed by atoms with E-state index in [1.165, 1.54) is 10.6 Å². The van der Waals surface area contributed by atoms with Crippen LogP contribution in [0.25, 0.3) is 5.69 Å². The lowest BCUT2D eigenvalue weighted by atomic mass is 9.98. The van der Waals surface area contributed by atoms with Gasteiger partial charge in [-0.1, -0.05) is 36.4 Å². The Kier molecular flexibility index (Phi) is 6.40. The molecule has 0 saturated carbocycles. The third kappa shape index (κ3) is 4.31. The van der Waals surface area contributed by atoms with Gasteiger partial charge in [-0.2, -0.15) is 5.10 Å². The predicted molar refractivity (Wildman–Crippen MR) is 171 cm³/mol. The first-order chi connectivity index (χ1) is 20.2. The Morgan fingerprint density at radius 2 is 1.61 bits per heavy atom. The number of aryl methyl sites for hydroxylation is 1. The summed E-state index contributed by atoms with van der Waals surface area (Å²) in [5.41, 5.74) is 7.17. The molecule has 3 aromatic carbocycles. The summed E-state index contributed by atoms with van der Waals surface area (Å²) in [6, 6.07) is 31.3. The molecule has 0 spiro atoms. The third-order valence-electron chi connectivity index (χ3n) is 7.71. The number of para-hydroxylation sites is 3. The second-order valence-corrected chi connectivity index (χ2v) is 11.1. The SMILES string of the molecule is CCN(CC)c1ccc(NC2=Nc3ccccc3N3C2=Nc2c(c(C)nn2-c2ccccc2)C3c2cccs2)cc1. The minimum atomic E-state index is -0.0894. The first-order valence-electron chi connectivity index (χ1n) is 14.0. The lowest BCUT2D eigenvalue weighted by molar-refractivity contribution is 0.830. The second-order valence-electron chi connectivity index (χ2n) is 10.1. The molecule has 2 aromatic heterocycles. The molecule has 204 valence electrons. The van der Waals surface area contributed by atoms with Crippen molar-refractivity contribution in [3.05, 3.63) is 113 Å². The van der Waals surface area contributed by atoms with Crippen LogP contribution in [0.1, 0.15) is 36.0 Å². The highest BCUT2D eigenvalue weighted by molar-refractivity contribution is 7.10. The van der Waals surface area contributed by atoms with E-state index in [4.69, 9.17) is 15.1 Å². The zero-order valence-corrected chi connectivity index (χ0v) is 24.1. The van der Waals surface area contributed by atoms with E-state index in [1.807, 2.05) is 28.9 Å². The molecule has 2 aliphatic rings. The Bertz CT molecular complexity index is 1750. The quantitative estimate of drug-likeness (QED) is 0.231. The van der Waals surface area contributed by atoms with E-state index >= 15 is 0 Å². The normalized spacial score (nSPS) is 15.4. The fraction of sp³-hybridized carbons (Fsp3) is 0.182. The Morgan fingerprint density at radius 3 is 2.34 bits per heavy atom. The number of anilines is 3. The molecule has 1 N–H and O–H groups in total. The van der Waals surface area contributed by atoms with Crippen LogP contribution in [-0.2, 0) is 0 Å². The van der Waals surface area contributed by atoms with Gasteiger partial charge in [0.15, 0.2) is 17.5 Å². The van der Waals surface area contributed by atoms with Gasteiger partial charge >= 0.3 is 0 Å². The van der Waals surface area contributed by atoms with Crippen LogP contribution in [0, 0.1) is 6.92 Å². The zero-order chi connectivity index (χ0) is 27.9. The summed E-state index contributed by atoms with van der Waals surface area (Å²) in [6.07, 6.45) is 0. The van der Waals surface area contributed by atoms with Crippen LogP contribution >= 0.6 is 11.3 Å². The van der Waals surface area contributed by atoms with E-state index in [1.54, 1.807) is 11.3 Å². The van der Waals surface area contributed by atoms with Gasteiger partial charge in [-0.3, -0.25) is 0 Å². The van der Waals surface area contributed by atoms with Crippen LogP contribution in [0.2, 0.25) is 0 Å². The number of rotatable bonds is 6. The average Bonchev–Trinajstić information content (AvgIpc) is 3.67. The van der Waals surface area contributed by atoms with E-state index in [2.05, 4.69) is 108 Å². The molecule has 7 rings (SSSR count). The maximum absolute atomic E-state index is 5.32. The van der Waals surface area contributed by atoms with Crippen LogP contribution in [0.15, 0.2) is 106 Å². The molecule has 7 nitrogen and oxygen atoms in total. The minimum Gasteiger partial charge on any atom is -0.372 e. The van der Waals surface area contributed by atoms with Crippen molar-refractivity contribution in [2.45, 2.75) is 26.8 Å². The smallest absolute Gasteiger partial charge is 0.179 e. The minimum absolute atomic E-state index is 0.0894. The number of aromatic nitrogens is 2. The van der Waals surface area contributed by atoms with E-state index in [9.17, 15) is 0 Å². The summed E-state index contributed by atoms with van der Waals surface area (Å²) >= 11 is 1.75. The number of hydrogen-bond donors (Lipinski definition) is 1. The van der Waals surface area contributed by atoms with E-state index in [0.717, 1.165) is 58.7 Å². The van der Waals surface area contributed by atoms with Crippen LogP contribution in [-0.4, -0.2) is 34.5 Å². The van der Waals surface area contributed by atoms with Gasteiger partial charge < -0.3 is 15.1 Å². The van der Waals surface area contributed by atoms with Gasteiger partial charge in [-0.25, -0.2) is 14.7 Å². The molecule has 2 aliphatic heterocycles. The summed E-state index contributed by atoms with van der Waals surface area (Å²) in [5.74, 6) is 2.33. The van der Waals surface area contributed by atoms with E-state index in [-0.39, 0.29) is 6.04 Å². The maximum Gasteiger partial charge on any atom is 0.179 e. The summed E-state index contributed by atoms with van der Waals surface area (Å²) < 4.78 is 1.96. The second kappa shape index (κ2) is 10.4. The molecule has 8 heteroatoms. The molecule has 1 atom stereocenters. The van der Waals surface area contributed by atoms with Crippen LogP contribution in [0.4, 0.5) is 28.6 Å². The number of thiophene rings is 1. The summed E-state index contributed by atoms with van der Waals surface area (Å²) in [6.45, 7) is 8.39. The Hall–Kier alpha value is -4.69. The van der Waals surface area contributed by atoms with Gasteiger partial charge in [0.2, 0.25) is 0 Å². The topological polar surface area (TPSA) is 61.0 Å². The fourth-order valence-electron chi connectivity index (χ4n) is 5.74. The van der Waals surface area contributed by atoms with Gasteiger partial charge in [-0.15, -0.1) is 11.3 Å². The van der Waals surface area contributed by atoms with Gasteiger partial charge in [0.25, 0.3) is 0 Å². The van der Waals surface area contributed by atoms with Crippen molar-refractivity contribution in [2.75, 3.05) is 28.2 Å². The highest BCUT2D eigenvalue weighted by Gasteiger charge is 2.41. The number of nitrogens with one attached hydrogen (secondary N) is 1. The maximum atomic E-state index is 5.32. The van der Waals surface area contributed by atoms with Gasteiger partial charge in [0, 0.05) is 34.9 Å². The van der Waals surface area contributed by atoms with Crippen molar-refractivity contribution >= 4 is 51.6 Å². The number of aliphatic imine (C=N–C) groups is 2. The number of amidine groups is 2. The average molecular weight is 558 g/mol. The number of benzene rings is 3. The molecule has 4 heterocycles. The van der Waals surface area contributed by atoms with Crippen LogP contribution < -0.4 is 15.1 Å². The molecule has 0 fully saturated rings. The van der Waals surface area contributed by atoms with Crippen molar-refractivity contribution in [1.29, 1.82) is 0 Å². The summed E-state index contributed by atoms with van der Waals surface area (Å²) in [4.78, 5) is 16.3. The standard InChI is InChI=1S/C33H31N7S/c1-4-38(5-2)24-19-17-23(18-20-24)34-31-33-36-32-29(22(3)37-40(32)25-12-7-6-8-13-25)30(28-16-11-21-41-28)39(33)27-15-10-9-14-26(27)35-31/h6-21,30H,4-5H2,1-3H3,(H,34,35). The van der Waals surface area contributed by atoms with Crippen LogP contribution in [0.5, 0.6) is 0 Å². The summed E-state index contributed by atoms with van der Waals surface area (Å²) in [7, 11) is 0. The lowest BCUT2D eigenvalue weighted by Gasteiger charge is -2.40. The molecule has 5 aromatic rings. The molecule has 0 aliphatic carbocycles. The lowest BCUT2D eigenvalue weighted by Crippen LogP contribution is -2.46. The van der Waals surface area contributed by atoms with Gasteiger partial charge in [0.1, 0.15) is 6.04 Å². The molecule has 0 saturated heterocycles. The highest BCUT2D eigenvalue weighted by Crippen LogP contribution is 2.49. The molecule has 0 amide bonds. The summed E-state index contributed by atoms with van der Waals surface area (Å²) in [5, 5.41) is 10.8. The van der Waals surface area contributed by atoms with E-state index in [0.29, 0.717) is 5.84 Å². The van der Waals surface area contributed by atoms with Crippen molar-refractivity contribution in [1.82, 2.24) is 9.78 Å². The first kappa shape index (κ1) is 25.3. The Labute approximate surface area is 244 Å². The van der Waals surface area contributed by atoms with E-state index < -0.39 is 0 Å². The molecule has 0 bridgehead atoms. The number of nitrogens with zero attached hydrogens (tertiary/aromatic N) is 6. The van der Waals surface area contributed by atoms with Crippen molar-refractivity contribution < 1.29 is 0 Å². The third-order valence-corrected chi connectivity index (χ3v) is 8.64. The fourth-order valence-corrected chi connectivity index (χ4v) is 6.57. The first-order valence-corrected chi connectivity index (χ1v) is 14.9. The Balaban J connectivity index is 1.40. The predicted octanol–water partition coefficient (Wildman–Crippen LogP) is 7.88. The molecule has 0 radical (unpaired) electrons. The largest absolute Gasteiger partial charge is 0.372 e. The highest BCUT2D eigenvalue weighted by atomic mass is 32.1. The number of hydrogen-bond acceptors (Lipinski definition) is 7. The number of fused-ring (bicyclic) bond motifs is 4. The molecule has 41 heavy (non-hydrogen) atoms. The van der Waals surface area contributed by atoms with Gasteiger partial charge in [-0.05, 0) is 80.7 Å². The Morgan fingerprint density at radius 1 is 0.854 bits per heavy atom.